The summed E-state index contributed by atoms with van der Waals surface area (Å²) >= 11 is 0. The summed E-state index contributed by atoms with van der Waals surface area (Å²) < 4.78 is 5.26. The van der Waals surface area contributed by atoms with Gasteiger partial charge in [0.1, 0.15) is 0 Å². The predicted octanol–water partition coefficient (Wildman–Crippen LogP) is 5.03. The molecule has 0 saturated heterocycles. The van der Waals surface area contributed by atoms with Crippen LogP contribution < -0.4 is 5.32 Å². The average molecular weight is 320 g/mol. The fourth-order valence-electron chi connectivity index (χ4n) is 2.67. The number of aryl methyl sites for hydroxylation is 1. The number of nitrogens with zero attached hydrogens (tertiary/aromatic N) is 1. The van der Waals surface area contributed by atoms with E-state index in [1.807, 2.05) is 31.2 Å². The molecule has 0 aliphatic heterocycles. The van der Waals surface area contributed by atoms with Crippen LogP contribution >= 0.6 is 0 Å². The zero-order valence-corrected chi connectivity index (χ0v) is 14.0. The number of hydrogen-bond acceptors (Lipinski definition) is 3. The highest BCUT2D eigenvalue weighted by Crippen LogP contribution is 2.28. The minimum atomic E-state index is -0.115. The third kappa shape index (κ3) is 3.23. The van der Waals surface area contributed by atoms with Crippen molar-refractivity contribution in [1.82, 2.24) is 4.98 Å². The zero-order valence-electron chi connectivity index (χ0n) is 14.0. The van der Waals surface area contributed by atoms with Crippen LogP contribution in [0.4, 0.5) is 5.69 Å². The summed E-state index contributed by atoms with van der Waals surface area (Å²) in [5.74, 6) is 0.910. The molecule has 3 rings (SSSR count). The summed E-state index contributed by atoms with van der Waals surface area (Å²) in [6.45, 7) is 6.25. The molecule has 4 heteroatoms. The molecular weight excluding hydrogens is 300 g/mol. The first kappa shape index (κ1) is 16.0. The van der Waals surface area contributed by atoms with Gasteiger partial charge in [0.05, 0.1) is 6.20 Å². The van der Waals surface area contributed by atoms with E-state index in [0.717, 1.165) is 22.4 Å². The Morgan fingerprint density at radius 2 is 1.88 bits per heavy atom. The Labute approximate surface area is 141 Å². The summed E-state index contributed by atoms with van der Waals surface area (Å²) in [6.07, 6.45) is 3.04. The molecule has 0 aliphatic rings. The third-order valence-electron chi connectivity index (χ3n) is 4.03. The van der Waals surface area contributed by atoms with Crippen LogP contribution in [0.3, 0.4) is 0 Å². The Morgan fingerprint density at radius 3 is 2.50 bits per heavy atom. The maximum absolute atomic E-state index is 12.6. The second-order valence-electron chi connectivity index (χ2n) is 6.09. The first-order chi connectivity index (χ1) is 11.6. The van der Waals surface area contributed by atoms with Crippen LogP contribution in [0.5, 0.6) is 0 Å². The van der Waals surface area contributed by atoms with Gasteiger partial charge in [-0.15, -0.1) is 0 Å². The molecule has 0 radical (unpaired) electrons. The van der Waals surface area contributed by atoms with Gasteiger partial charge in [0.25, 0.3) is 5.91 Å². The van der Waals surface area contributed by atoms with E-state index in [9.17, 15) is 4.79 Å². The first-order valence-corrected chi connectivity index (χ1v) is 7.96. The molecule has 1 heterocycles. The Morgan fingerprint density at radius 1 is 1.12 bits per heavy atom. The summed E-state index contributed by atoms with van der Waals surface area (Å²) in [6, 6.07) is 13.4. The highest BCUT2D eigenvalue weighted by Gasteiger charge is 2.13. The van der Waals surface area contributed by atoms with E-state index in [1.54, 1.807) is 18.3 Å². The highest BCUT2D eigenvalue weighted by atomic mass is 16.3. The molecule has 0 spiro atoms. The molecule has 0 unspecified atom stereocenters. The standard InChI is InChI=1S/C20H20N2O2/c1-13(2)17-6-4-5-14(3)19(17)22-20(23)16-9-7-15(8-10-16)18-11-21-12-24-18/h4-13H,1-3H3,(H,22,23). The Bertz CT molecular complexity index is 835. The molecule has 0 bridgehead atoms. The van der Waals surface area contributed by atoms with Crippen molar-refractivity contribution < 1.29 is 9.21 Å². The maximum Gasteiger partial charge on any atom is 0.255 e. The van der Waals surface area contributed by atoms with Gasteiger partial charge in [-0.25, -0.2) is 4.98 Å². The molecule has 1 N–H and O–H groups in total. The van der Waals surface area contributed by atoms with Crippen molar-refractivity contribution in [1.29, 1.82) is 0 Å². The Kier molecular flexibility index (Phi) is 4.47. The minimum Gasteiger partial charge on any atom is -0.444 e. The van der Waals surface area contributed by atoms with E-state index in [4.69, 9.17) is 4.42 Å². The lowest BCUT2D eigenvalue weighted by molar-refractivity contribution is 0.102. The normalized spacial score (nSPS) is 10.8. The fraction of sp³-hybridized carbons (Fsp3) is 0.200. The van der Waals surface area contributed by atoms with E-state index >= 15 is 0 Å². The van der Waals surface area contributed by atoms with Gasteiger partial charge in [-0.2, -0.15) is 0 Å². The first-order valence-electron chi connectivity index (χ1n) is 7.96. The number of carbonyl (C=O) groups is 1. The van der Waals surface area contributed by atoms with Crippen molar-refractivity contribution in [2.45, 2.75) is 26.7 Å². The molecular formula is C20H20N2O2. The van der Waals surface area contributed by atoms with Gasteiger partial charge in [0.15, 0.2) is 12.2 Å². The van der Waals surface area contributed by atoms with E-state index in [0.29, 0.717) is 17.2 Å². The number of rotatable bonds is 4. The van der Waals surface area contributed by atoms with Crippen LogP contribution in [0, 0.1) is 6.92 Å². The Hall–Kier alpha value is -2.88. The maximum atomic E-state index is 12.6. The highest BCUT2D eigenvalue weighted by molar-refractivity contribution is 6.05. The number of hydrogen-bond donors (Lipinski definition) is 1. The number of para-hydroxylation sites is 1. The van der Waals surface area contributed by atoms with Crippen LogP contribution in [0.1, 0.15) is 41.3 Å². The second kappa shape index (κ2) is 6.71. The molecule has 0 saturated carbocycles. The number of anilines is 1. The summed E-state index contributed by atoms with van der Waals surface area (Å²) in [7, 11) is 0. The number of benzene rings is 2. The molecule has 0 aliphatic carbocycles. The average Bonchev–Trinajstić information content (AvgIpc) is 3.11. The van der Waals surface area contributed by atoms with Crippen molar-refractivity contribution in [2.75, 3.05) is 5.32 Å². The third-order valence-corrected chi connectivity index (χ3v) is 4.03. The molecule has 24 heavy (non-hydrogen) atoms. The van der Waals surface area contributed by atoms with Crippen molar-refractivity contribution in [3.05, 3.63) is 71.7 Å². The number of amides is 1. The number of oxazole rings is 1. The Balaban J connectivity index is 1.83. The minimum absolute atomic E-state index is 0.115. The monoisotopic (exact) mass is 320 g/mol. The van der Waals surface area contributed by atoms with Crippen molar-refractivity contribution >= 4 is 11.6 Å². The number of carbonyl (C=O) groups excluding carboxylic acids is 1. The second-order valence-corrected chi connectivity index (χ2v) is 6.09. The fourth-order valence-corrected chi connectivity index (χ4v) is 2.67. The molecule has 3 aromatic rings. The van der Waals surface area contributed by atoms with Gasteiger partial charge >= 0.3 is 0 Å². The van der Waals surface area contributed by atoms with Gasteiger partial charge < -0.3 is 9.73 Å². The number of nitrogens with one attached hydrogen (secondary N) is 1. The SMILES string of the molecule is Cc1cccc(C(C)C)c1NC(=O)c1ccc(-c2cnco2)cc1. The molecule has 1 amide bonds. The molecule has 122 valence electrons. The quantitative estimate of drug-likeness (QED) is 0.734. The predicted molar refractivity (Wildman–Crippen MR) is 95.2 cm³/mol. The van der Waals surface area contributed by atoms with Crippen molar-refractivity contribution in [3.8, 4) is 11.3 Å². The zero-order chi connectivity index (χ0) is 17.1. The lowest BCUT2D eigenvalue weighted by Gasteiger charge is -2.16. The van der Waals surface area contributed by atoms with E-state index in [1.165, 1.54) is 6.39 Å². The van der Waals surface area contributed by atoms with E-state index in [2.05, 4.69) is 30.2 Å². The van der Waals surface area contributed by atoms with E-state index < -0.39 is 0 Å². The van der Waals surface area contributed by atoms with Crippen LogP contribution in [-0.2, 0) is 0 Å². The molecule has 4 nitrogen and oxygen atoms in total. The van der Waals surface area contributed by atoms with E-state index in [-0.39, 0.29) is 5.91 Å². The van der Waals surface area contributed by atoms with Gasteiger partial charge in [0.2, 0.25) is 0 Å². The molecule has 0 atom stereocenters. The van der Waals surface area contributed by atoms with Crippen molar-refractivity contribution in [3.63, 3.8) is 0 Å². The molecule has 2 aromatic carbocycles. The topological polar surface area (TPSA) is 55.1 Å². The van der Waals surface area contributed by atoms with Gasteiger partial charge in [-0.3, -0.25) is 4.79 Å². The van der Waals surface area contributed by atoms with Gasteiger partial charge in [-0.1, -0.05) is 44.2 Å². The van der Waals surface area contributed by atoms with Crippen molar-refractivity contribution in [2.24, 2.45) is 0 Å². The molecule has 1 aromatic heterocycles. The lowest BCUT2D eigenvalue weighted by Crippen LogP contribution is -2.14. The largest absolute Gasteiger partial charge is 0.444 e. The molecule has 0 fully saturated rings. The smallest absolute Gasteiger partial charge is 0.255 e. The summed E-state index contributed by atoms with van der Waals surface area (Å²) in [5, 5.41) is 3.06. The van der Waals surface area contributed by atoms with Gasteiger partial charge in [-0.05, 0) is 36.1 Å². The van der Waals surface area contributed by atoms with Crippen LogP contribution in [0.2, 0.25) is 0 Å². The van der Waals surface area contributed by atoms with Crippen LogP contribution in [0.15, 0.2) is 59.5 Å². The van der Waals surface area contributed by atoms with Gasteiger partial charge in [0, 0.05) is 16.8 Å². The van der Waals surface area contributed by atoms with Crippen LogP contribution in [-0.4, -0.2) is 10.9 Å². The summed E-state index contributed by atoms with van der Waals surface area (Å²) in [5.41, 5.74) is 4.60. The lowest BCUT2D eigenvalue weighted by atomic mass is 9.98. The number of aromatic nitrogens is 1. The summed E-state index contributed by atoms with van der Waals surface area (Å²) in [4.78, 5) is 16.5. The van der Waals surface area contributed by atoms with Crippen LogP contribution in [0.25, 0.3) is 11.3 Å².